The van der Waals surface area contributed by atoms with Gasteiger partial charge < -0.3 is 5.32 Å². The predicted molar refractivity (Wildman–Crippen MR) is 65.0 cm³/mol. The van der Waals surface area contributed by atoms with Gasteiger partial charge in [-0.25, -0.2) is 4.98 Å². The number of hydrogen-bond donors (Lipinski definition) is 1. The second-order valence-corrected chi connectivity index (χ2v) is 5.28. The highest BCUT2D eigenvalue weighted by Gasteiger charge is 2.19. The summed E-state index contributed by atoms with van der Waals surface area (Å²) in [5.74, 6) is 0. The van der Waals surface area contributed by atoms with Crippen LogP contribution in [0.3, 0.4) is 0 Å². The molecule has 0 aliphatic heterocycles. The Bertz CT molecular complexity index is 318. The number of hydrogen-bond acceptors (Lipinski definition) is 2. The molecule has 84 valence electrons. The second-order valence-electron chi connectivity index (χ2n) is 4.92. The van der Waals surface area contributed by atoms with Crippen molar-refractivity contribution in [3.63, 3.8) is 0 Å². The fourth-order valence-electron chi connectivity index (χ4n) is 1.12. The van der Waals surface area contributed by atoms with Crippen molar-refractivity contribution in [1.82, 2.24) is 10.3 Å². The van der Waals surface area contributed by atoms with E-state index in [1.165, 1.54) is 0 Å². The zero-order chi connectivity index (χ0) is 11.5. The van der Waals surface area contributed by atoms with Gasteiger partial charge in [0.2, 0.25) is 0 Å². The first-order chi connectivity index (χ1) is 6.91. The van der Waals surface area contributed by atoms with Gasteiger partial charge in [-0.2, -0.15) is 0 Å². The van der Waals surface area contributed by atoms with Crippen LogP contribution >= 0.6 is 11.6 Å². The highest BCUT2D eigenvalue weighted by Crippen LogP contribution is 2.19. The standard InChI is InChI=1S/C12H19ClN2/c1-9(12(2,3)4)15-8-10-6-5-7-14-11(10)13/h5-7,9,15H,8H2,1-4H3. The lowest BCUT2D eigenvalue weighted by Gasteiger charge is -2.28. The third-order valence-corrected chi connectivity index (χ3v) is 3.07. The van der Waals surface area contributed by atoms with Gasteiger partial charge in [-0.3, -0.25) is 0 Å². The van der Waals surface area contributed by atoms with E-state index >= 15 is 0 Å². The summed E-state index contributed by atoms with van der Waals surface area (Å²) < 4.78 is 0. The average molecular weight is 227 g/mol. The first-order valence-electron chi connectivity index (χ1n) is 5.24. The van der Waals surface area contributed by atoms with Crippen molar-refractivity contribution >= 4 is 11.6 Å². The second kappa shape index (κ2) is 4.95. The van der Waals surface area contributed by atoms with Crippen LogP contribution in [0.1, 0.15) is 33.3 Å². The van der Waals surface area contributed by atoms with E-state index in [0.717, 1.165) is 12.1 Å². The Morgan fingerprint density at radius 3 is 2.67 bits per heavy atom. The summed E-state index contributed by atoms with van der Waals surface area (Å²) >= 11 is 5.97. The SMILES string of the molecule is CC(NCc1cccnc1Cl)C(C)(C)C. The number of halogens is 1. The van der Waals surface area contributed by atoms with Crippen LogP contribution in [0.4, 0.5) is 0 Å². The summed E-state index contributed by atoms with van der Waals surface area (Å²) in [7, 11) is 0. The molecule has 2 nitrogen and oxygen atoms in total. The van der Waals surface area contributed by atoms with Gasteiger partial charge in [-0.15, -0.1) is 0 Å². The van der Waals surface area contributed by atoms with E-state index in [1.54, 1.807) is 6.20 Å². The molecule has 15 heavy (non-hydrogen) atoms. The summed E-state index contributed by atoms with van der Waals surface area (Å²) in [5.41, 5.74) is 1.31. The Morgan fingerprint density at radius 2 is 2.13 bits per heavy atom. The third kappa shape index (κ3) is 3.80. The minimum absolute atomic E-state index is 0.259. The Balaban J connectivity index is 2.55. The zero-order valence-electron chi connectivity index (χ0n) is 9.84. The molecule has 0 saturated heterocycles. The lowest BCUT2D eigenvalue weighted by molar-refractivity contribution is 0.285. The molecule has 0 aliphatic rings. The molecule has 0 fully saturated rings. The van der Waals surface area contributed by atoms with Crippen molar-refractivity contribution in [3.8, 4) is 0 Å². The molecule has 3 heteroatoms. The van der Waals surface area contributed by atoms with Gasteiger partial charge in [-0.05, 0) is 18.4 Å². The van der Waals surface area contributed by atoms with Crippen molar-refractivity contribution in [2.45, 2.75) is 40.3 Å². The minimum atomic E-state index is 0.259. The molecule has 1 N–H and O–H groups in total. The van der Waals surface area contributed by atoms with Crippen molar-refractivity contribution in [1.29, 1.82) is 0 Å². The molecule has 0 bridgehead atoms. The molecule has 1 heterocycles. The summed E-state index contributed by atoms with van der Waals surface area (Å²) in [6.07, 6.45) is 1.71. The smallest absolute Gasteiger partial charge is 0.133 e. The fourth-order valence-corrected chi connectivity index (χ4v) is 1.31. The molecule has 1 aromatic heterocycles. The fraction of sp³-hybridized carbons (Fsp3) is 0.583. The molecule has 0 spiro atoms. The molecule has 0 aliphatic carbocycles. The maximum Gasteiger partial charge on any atom is 0.133 e. The van der Waals surface area contributed by atoms with E-state index in [9.17, 15) is 0 Å². The van der Waals surface area contributed by atoms with Gasteiger partial charge >= 0.3 is 0 Å². The largest absolute Gasteiger partial charge is 0.310 e. The molecule has 1 atom stereocenters. The molecule has 0 amide bonds. The predicted octanol–water partition coefficient (Wildman–Crippen LogP) is 3.26. The molecule has 1 aromatic rings. The lowest BCUT2D eigenvalue weighted by Crippen LogP contribution is -2.37. The average Bonchev–Trinajstić information content (AvgIpc) is 2.14. The van der Waals surface area contributed by atoms with E-state index in [-0.39, 0.29) is 5.41 Å². The molecular formula is C12H19ClN2. The Morgan fingerprint density at radius 1 is 1.47 bits per heavy atom. The van der Waals surface area contributed by atoms with Gasteiger partial charge in [0, 0.05) is 24.3 Å². The maximum absolute atomic E-state index is 5.97. The van der Waals surface area contributed by atoms with Gasteiger partial charge in [0.1, 0.15) is 5.15 Å². The summed E-state index contributed by atoms with van der Waals surface area (Å²) in [6.45, 7) is 9.61. The van der Waals surface area contributed by atoms with E-state index in [2.05, 4.69) is 38.0 Å². The van der Waals surface area contributed by atoms with Gasteiger partial charge in [0.15, 0.2) is 0 Å². The monoisotopic (exact) mass is 226 g/mol. The first kappa shape index (κ1) is 12.5. The first-order valence-corrected chi connectivity index (χ1v) is 5.62. The normalized spacial score (nSPS) is 13.9. The maximum atomic E-state index is 5.97. The number of aromatic nitrogens is 1. The van der Waals surface area contributed by atoms with Crippen LogP contribution in [-0.4, -0.2) is 11.0 Å². The molecular weight excluding hydrogens is 208 g/mol. The van der Waals surface area contributed by atoms with Crippen LogP contribution in [0.5, 0.6) is 0 Å². The quantitative estimate of drug-likeness (QED) is 0.801. The van der Waals surface area contributed by atoms with E-state index in [1.807, 2.05) is 12.1 Å². The van der Waals surface area contributed by atoms with Gasteiger partial charge in [0.25, 0.3) is 0 Å². The summed E-state index contributed by atoms with van der Waals surface area (Å²) in [6, 6.07) is 4.34. The Labute approximate surface area is 97.1 Å². The molecule has 1 rings (SSSR count). The molecule has 0 aromatic carbocycles. The van der Waals surface area contributed by atoms with Crippen LogP contribution in [0.15, 0.2) is 18.3 Å². The molecule has 0 saturated carbocycles. The Kier molecular flexibility index (Phi) is 4.12. The van der Waals surface area contributed by atoms with E-state index < -0.39 is 0 Å². The van der Waals surface area contributed by atoms with Gasteiger partial charge in [-0.1, -0.05) is 38.4 Å². The minimum Gasteiger partial charge on any atom is -0.310 e. The number of rotatable bonds is 3. The Hall–Kier alpha value is -0.600. The van der Waals surface area contributed by atoms with Crippen molar-refractivity contribution in [2.24, 2.45) is 5.41 Å². The van der Waals surface area contributed by atoms with Crippen LogP contribution in [0.25, 0.3) is 0 Å². The highest BCUT2D eigenvalue weighted by atomic mass is 35.5. The topological polar surface area (TPSA) is 24.9 Å². The van der Waals surface area contributed by atoms with Crippen molar-refractivity contribution in [2.75, 3.05) is 0 Å². The van der Waals surface area contributed by atoms with Crippen molar-refractivity contribution in [3.05, 3.63) is 29.0 Å². The molecule has 0 radical (unpaired) electrons. The zero-order valence-corrected chi connectivity index (χ0v) is 10.6. The number of pyridine rings is 1. The van der Waals surface area contributed by atoms with Crippen LogP contribution in [-0.2, 0) is 6.54 Å². The van der Waals surface area contributed by atoms with E-state index in [4.69, 9.17) is 11.6 Å². The van der Waals surface area contributed by atoms with E-state index in [0.29, 0.717) is 11.2 Å². The van der Waals surface area contributed by atoms with Crippen LogP contribution in [0.2, 0.25) is 5.15 Å². The highest BCUT2D eigenvalue weighted by molar-refractivity contribution is 6.30. The van der Waals surface area contributed by atoms with Crippen molar-refractivity contribution < 1.29 is 0 Å². The summed E-state index contributed by atoms with van der Waals surface area (Å²) in [5, 5.41) is 4.04. The number of nitrogens with zero attached hydrogens (tertiary/aromatic N) is 1. The van der Waals surface area contributed by atoms with Crippen LogP contribution < -0.4 is 5.32 Å². The summed E-state index contributed by atoms with van der Waals surface area (Å²) in [4.78, 5) is 4.04. The third-order valence-electron chi connectivity index (χ3n) is 2.73. The lowest BCUT2D eigenvalue weighted by atomic mass is 9.88. The number of nitrogens with one attached hydrogen (secondary N) is 1. The van der Waals surface area contributed by atoms with Gasteiger partial charge in [0.05, 0.1) is 0 Å². The molecule has 1 unspecified atom stereocenters. The van der Waals surface area contributed by atoms with Crippen LogP contribution in [0, 0.1) is 5.41 Å².